The van der Waals surface area contributed by atoms with E-state index < -0.39 is 29.8 Å². The zero-order valence-corrected chi connectivity index (χ0v) is 13.8. The van der Waals surface area contributed by atoms with Crippen LogP contribution in [0.1, 0.15) is 49.4 Å². The number of ether oxygens (including phenoxy) is 1. The molecule has 0 saturated heterocycles. The standard InChI is InChI=1S/C18H23F2NO3/c1-2-24-17(23)18(19,20)15(13-9-5-3-6-10-13)21-16(22)14-11-7-4-8-12-14/h4,7-8,11-13,15H,2-3,5-6,9-10H2,1H3,(H,21,22). The van der Waals surface area contributed by atoms with Gasteiger partial charge in [-0.2, -0.15) is 8.78 Å². The van der Waals surface area contributed by atoms with Gasteiger partial charge in [0.25, 0.3) is 5.91 Å². The van der Waals surface area contributed by atoms with Crippen LogP contribution in [-0.2, 0) is 9.53 Å². The van der Waals surface area contributed by atoms with E-state index in [0.29, 0.717) is 12.8 Å². The Kier molecular flexibility index (Phi) is 6.29. The van der Waals surface area contributed by atoms with Crippen LogP contribution in [0.3, 0.4) is 0 Å². The topological polar surface area (TPSA) is 55.4 Å². The van der Waals surface area contributed by atoms with Crippen molar-refractivity contribution in [2.75, 3.05) is 6.61 Å². The van der Waals surface area contributed by atoms with Crippen LogP contribution in [0.15, 0.2) is 30.3 Å². The lowest BCUT2D eigenvalue weighted by molar-refractivity contribution is -0.178. The summed E-state index contributed by atoms with van der Waals surface area (Å²) in [5.41, 5.74) is 0.290. The highest BCUT2D eigenvalue weighted by Crippen LogP contribution is 2.35. The molecule has 1 unspecified atom stereocenters. The number of carbonyl (C=O) groups is 2. The summed E-state index contributed by atoms with van der Waals surface area (Å²) in [5, 5.41) is 2.39. The maximum Gasteiger partial charge on any atom is 0.379 e. The number of benzene rings is 1. The SMILES string of the molecule is CCOC(=O)C(F)(F)C(NC(=O)c1ccccc1)C1CCCCC1. The Bertz CT molecular complexity index is 557. The molecule has 1 atom stereocenters. The molecule has 2 rings (SSSR count). The fourth-order valence-electron chi connectivity index (χ4n) is 3.14. The Hall–Kier alpha value is -1.98. The quantitative estimate of drug-likeness (QED) is 0.806. The fourth-order valence-corrected chi connectivity index (χ4v) is 3.14. The van der Waals surface area contributed by atoms with Crippen LogP contribution in [0, 0.1) is 5.92 Å². The first-order chi connectivity index (χ1) is 11.5. The third-order valence-corrected chi connectivity index (χ3v) is 4.38. The van der Waals surface area contributed by atoms with Gasteiger partial charge in [-0.3, -0.25) is 4.79 Å². The van der Waals surface area contributed by atoms with Crippen molar-refractivity contribution in [2.45, 2.75) is 51.0 Å². The van der Waals surface area contributed by atoms with Gasteiger partial charge >= 0.3 is 11.9 Å². The van der Waals surface area contributed by atoms with Gasteiger partial charge in [0.05, 0.1) is 6.61 Å². The van der Waals surface area contributed by atoms with Gasteiger partial charge in [-0.1, -0.05) is 37.5 Å². The van der Waals surface area contributed by atoms with Crippen molar-refractivity contribution < 1.29 is 23.1 Å². The van der Waals surface area contributed by atoms with E-state index in [-0.39, 0.29) is 12.2 Å². The van der Waals surface area contributed by atoms with Gasteiger partial charge in [0.15, 0.2) is 0 Å². The Morgan fingerprint density at radius 1 is 1.21 bits per heavy atom. The summed E-state index contributed by atoms with van der Waals surface area (Å²) in [6.45, 7) is 1.35. The minimum absolute atomic E-state index is 0.127. The molecule has 1 aliphatic rings. The summed E-state index contributed by atoms with van der Waals surface area (Å²) >= 11 is 0. The second kappa shape index (κ2) is 8.22. The molecule has 1 aromatic rings. The van der Waals surface area contributed by atoms with Crippen molar-refractivity contribution in [3.63, 3.8) is 0 Å². The lowest BCUT2D eigenvalue weighted by atomic mass is 9.81. The first-order valence-electron chi connectivity index (χ1n) is 8.37. The number of hydrogen-bond acceptors (Lipinski definition) is 3. The van der Waals surface area contributed by atoms with E-state index in [1.807, 2.05) is 0 Å². The molecule has 1 aromatic carbocycles. The van der Waals surface area contributed by atoms with E-state index in [9.17, 15) is 18.4 Å². The maximum absolute atomic E-state index is 14.6. The van der Waals surface area contributed by atoms with Crippen LogP contribution in [0.2, 0.25) is 0 Å². The predicted octanol–water partition coefficient (Wildman–Crippen LogP) is 3.56. The monoisotopic (exact) mass is 339 g/mol. The van der Waals surface area contributed by atoms with E-state index >= 15 is 0 Å². The lowest BCUT2D eigenvalue weighted by Gasteiger charge is -2.34. The van der Waals surface area contributed by atoms with Crippen LogP contribution in [-0.4, -0.2) is 30.4 Å². The summed E-state index contributed by atoms with van der Waals surface area (Å²) in [5.74, 6) is -6.36. The molecule has 132 valence electrons. The minimum atomic E-state index is -3.75. The summed E-state index contributed by atoms with van der Waals surface area (Å²) in [6, 6.07) is 6.61. The van der Waals surface area contributed by atoms with Crippen LogP contribution >= 0.6 is 0 Å². The smallest absolute Gasteiger partial charge is 0.379 e. The van der Waals surface area contributed by atoms with Crippen LogP contribution in [0.4, 0.5) is 8.78 Å². The fraction of sp³-hybridized carbons (Fsp3) is 0.556. The van der Waals surface area contributed by atoms with E-state index in [2.05, 4.69) is 10.1 Å². The van der Waals surface area contributed by atoms with E-state index in [1.54, 1.807) is 30.3 Å². The highest BCUT2D eigenvalue weighted by molar-refractivity contribution is 5.95. The zero-order chi connectivity index (χ0) is 17.6. The second-order valence-electron chi connectivity index (χ2n) is 6.06. The number of carbonyl (C=O) groups excluding carboxylic acids is 2. The van der Waals surface area contributed by atoms with Gasteiger partial charge in [-0.25, -0.2) is 4.79 Å². The molecule has 1 aliphatic carbocycles. The number of rotatable bonds is 6. The van der Waals surface area contributed by atoms with Crippen molar-refractivity contribution in [3.8, 4) is 0 Å². The summed E-state index contributed by atoms with van der Waals surface area (Å²) in [6.07, 6.45) is 3.76. The molecule has 4 nitrogen and oxygen atoms in total. The van der Waals surface area contributed by atoms with Crippen molar-refractivity contribution in [2.24, 2.45) is 5.92 Å². The first kappa shape index (κ1) is 18.4. The molecule has 1 saturated carbocycles. The average molecular weight is 339 g/mol. The molecule has 1 N–H and O–H groups in total. The summed E-state index contributed by atoms with van der Waals surface area (Å²) < 4.78 is 33.8. The number of halogens is 2. The second-order valence-corrected chi connectivity index (χ2v) is 6.06. The molecular weight excluding hydrogens is 316 g/mol. The number of hydrogen-bond donors (Lipinski definition) is 1. The van der Waals surface area contributed by atoms with Crippen LogP contribution < -0.4 is 5.32 Å². The third kappa shape index (κ3) is 4.30. The molecular formula is C18H23F2NO3. The molecule has 0 aliphatic heterocycles. The van der Waals surface area contributed by atoms with Crippen LogP contribution in [0.5, 0.6) is 0 Å². The van der Waals surface area contributed by atoms with Crippen molar-refractivity contribution in [3.05, 3.63) is 35.9 Å². The first-order valence-corrected chi connectivity index (χ1v) is 8.37. The van der Waals surface area contributed by atoms with E-state index in [0.717, 1.165) is 19.3 Å². The maximum atomic E-state index is 14.6. The molecule has 0 bridgehead atoms. The van der Waals surface area contributed by atoms with Gasteiger partial charge in [-0.05, 0) is 37.8 Å². The molecule has 0 heterocycles. The molecule has 0 radical (unpaired) electrons. The third-order valence-electron chi connectivity index (χ3n) is 4.38. The van der Waals surface area contributed by atoms with Crippen molar-refractivity contribution in [1.82, 2.24) is 5.32 Å². The molecule has 0 aromatic heterocycles. The van der Waals surface area contributed by atoms with Crippen LogP contribution in [0.25, 0.3) is 0 Å². The molecule has 1 fully saturated rings. The number of nitrogens with one attached hydrogen (secondary N) is 1. The Balaban J connectivity index is 2.22. The van der Waals surface area contributed by atoms with Gasteiger partial charge in [0, 0.05) is 5.56 Å². The average Bonchev–Trinajstić information content (AvgIpc) is 2.61. The molecule has 6 heteroatoms. The predicted molar refractivity (Wildman–Crippen MR) is 85.9 cm³/mol. The van der Waals surface area contributed by atoms with Crippen molar-refractivity contribution >= 4 is 11.9 Å². The normalized spacial score (nSPS) is 17.1. The van der Waals surface area contributed by atoms with Gasteiger partial charge in [0.1, 0.15) is 6.04 Å². The Morgan fingerprint density at radius 3 is 2.42 bits per heavy atom. The Labute approximate surface area is 140 Å². The minimum Gasteiger partial charge on any atom is -0.461 e. The van der Waals surface area contributed by atoms with Gasteiger partial charge in [-0.15, -0.1) is 0 Å². The van der Waals surface area contributed by atoms with Gasteiger partial charge in [0.2, 0.25) is 0 Å². The Morgan fingerprint density at radius 2 is 1.83 bits per heavy atom. The van der Waals surface area contributed by atoms with Gasteiger partial charge < -0.3 is 10.1 Å². The largest absolute Gasteiger partial charge is 0.461 e. The lowest BCUT2D eigenvalue weighted by Crippen LogP contribution is -2.56. The van der Waals surface area contributed by atoms with E-state index in [1.165, 1.54) is 6.92 Å². The number of esters is 1. The molecule has 1 amide bonds. The number of alkyl halides is 2. The van der Waals surface area contributed by atoms with Crippen molar-refractivity contribution in [1.29, 1.82) is 0 Å². The molecule has 0 spiro atoms. The highest BCUT2D eigenvalue weighted by atomic mass is 19.3. The van der Waals surface area contributed by atoms with E-state index in [4.69, 9.17) is 0 Å². The summed E-state index contributed by atoms with van der Waals surface area (Å²) in [4.78, 5) is 24.1. The zero-order valence-electron chi connectivity index (χ0n) is 13.8. The number of amides is 1. The highest BCUT2D eigenvalue weighted by Gasteiger charge is 2.52. The summed E-state index contributed by atoms with van der Waals surface area (Å²) in [7, 11) is 0. The molecule has 24 heavy (non-hydrogen) atoms.